The van der Waals surface area contributed by atoms with Crippen LogP contribution >= 0.6 is 0 Å². The monoisotopic (exact) mass is 544 g/mol. The molecule has 1 aromatic rings. The summed E-state index contributed by atoms with van der Waals surface area (Å²) in [5.41, 5.74) is 1.53. The molecule has 1 aliphatic heterocycles. The number of hydrogen-bond acceptors (Lipinski definition) is 10. The molecule has 3 fully saturated rings. The molecule has 0 amide bonds. The molecule has 2 saturated carbocycles. The van der Waals surface area contributed by atoms with E-state index in [0.717, 1.165) is 24.0 Å². The highest BCUT2D eigenvalue weighted by molar-refractivity contribution is 7.81. The topological polar surface area (TPSA) is 200 Å². The Hall–Kier alpha value is -1.84. The van der Waals surface area contributed by atoms with Crippen molar-refractivity contribution < 1.29 is 57.0 Å². The van der Waals surface area contributed by atoms with Crippen LogP contribution in [0.4, 0.5) is 0 Å². The lowest BCUT2D eigenvalue weighted by molar-refractivity contribution is -0.309. The van der Waals surface area contributed by atoms with Gasteiger partial charge in [0.05, 0.1) is 12.2 Å². The highest BCUT2D eigenvalue weighted by Crippen LogP contribution is 2.61. The predicted octanol–water partition coefficient (Wildman–Crippen LogP) is -0.0275. The SMILES string of the molecule is C[C@]12CC[C@@H]3c4ccc(OS(=O)(=O)O)cc4CC[C@H]3[C@@H]1C[C@@H](OC1O[C@H](C(=O)O)[C@@H](O)[C@H](O)[C@H]1O)[C@@H]2O. The fraction of sp³-hybridized carbons (Fsp3) is 0.708. The van der Waals surface area contributed by atoms with Crippen LogP contribution in [0.5, 0.6) is 5.75 Å². The smallest absolute Gasteiger partial charge is 0.446 e. The van der Waals surface area contributed by atoms with E-state index in [-0.39, 0.29) is 23.5 Å². The van der Waals surface area contributed by atoms with E-state index in [9.17, 15) is 38.7 Å². The average Bonchev–Trinajstić information content (AvgIpc) is 3.08. The lowest BCUT2D eigenvalue weighted by Crippen LogP contribution is -2.61. The van der Waals surface area contributed by atoms with E-state index in [1.54, 1.807) is 6.07 Å². The van der Waals surface area contributed by atoms with Crippen molar-refractivity contribution in [2.45, 2.75) is 87.9 Å². The van der Waals surface area contributed by atoms with Crippen molar-refractivity contribution in [3.05, 3.63) is 29.3 Å². The Morgan fingerprint density at radius 3 is 2.51 bits per heavy atom. The average molecular weight is 545 g/mol. The molecule has 0 radical (unpaired) electrons. The van der Waals surface area contributed by atoms with Crippen molar-refractivity contribution in [1.82, 2.24) is 0 Å². The molecule has 1 saturated heterocycles. The molecular weight excluding hydrogens is 512 g/mol. The van der Waals surface area contributed by atoms with Gasteiger partial charge in [0.25, 0.3) is 0 Å². The maximum atomic E-state index is 11.4. The van der Waals surface area contributed by atoms with Crippen LogP contribution in [0, 0.1) is 17.3 Å². The summed E-state index contributed by atoms with van der Waals surface area (Å²) in [7, 11) is -4.62. The van der Waals surface area contributed by atoms with Gasteiger partial charge >= 0.3 is 16.4 Å². The molecule has 4 aliphatic rings. The molecule has 0 spiro atoms. The van der Waals surface area contributed by atoms with E-state index in [2.05, 4.69) is 4.18 Å². The van der Waals surface area contributed by atoms with Gasteiger partial charge in [0, 0.05) is 0 Å². The van der Waals surface area contributed by atoms with Gasteiger partial charge in [-0.25, -0.2) is 4.79 Å². The molecule has 1 aromatic carbocycles. The van der Waals surface area contributed by atoms with Crippen LogP contribution < -0.4 is 4.18 Å². The third-order valence-corrected chi connectivity index (χ3v) is 9.38. The lowest BCUT2D eigenvalue weighted by Gasteiger charge is -2.49. The molecule has 13 heteroatoms. The molecule has 3 aliphatic carbocycles. The number of benzene rings is 1. The fourth-order valence-electron chi connectivity index (χ4n) is 7.16. The maximum Gasteiger partial charge on any atom is 0.446 e. The van der Waals surface area contributed by atoms with Gasteiger partial charge in [-0.1, -0.05) is 13.0 Å². The summed E-state index contributed by atoms with van der Waals surface area (Å²) >= 11 is 0. The van der Waals surface area contributed by atoms with Crippen molar-refractivity contribution in [2.75, 3.05) is 0 Å². The molecule has 1 heterocycles. The first-order valence-electron chi connectivity index (χ1n) is 12.4. The number of rotatable bonds is 5. The Morgan fingerprint density at radius 1 is 1.11 bits per heavy atom. The highest BCUT2D eigenvalue weighted by Gasteiger charge is 2.59. The first kappa shape index (κ1) is 26.8. The van der Waals surface area contributed by atoms with Gasteiger partial charge in [0.2, 0.25) is 0 Å². The maximum absolute atomic E-state index is 11.4. The van der Waals surface area contributed by atoms with Crippen LogP contribution in [0.15, 0.2) is 18.2 Å². The number of aliphatic hydroxyl groups excluding tert-OH is 4. The number of fused-ring (bicyclic) bond motifs is 5. The van der Waals surface area contributed by atoms with Gasteiger partial charge in [-0.15, -0.1) is 0 Å². The van der Waals surface area contributed by atoms with Crippen LogP contribution in [0.2, 0.25) is 0 Å². The fourth-order valence-corrected chi connectivity index (χ4v) is 7.51. The van der Waals surface area contributed by atoms with Gasteiger partial charge in [-0.3, -0.25) is 4.55 Å². The van der Waals surface area contributed by atoms with Crippen molar-refractivity contribution in [3.63, 3.8) is 0 Å². The van der Waals surface area contributed by atoms with Crippen LogP contribution in [0.3, 0.4) is 0 Å². The molecule has 0 bridgehead atoms. The van der Waals surface area contributed by atoms with Crippen molar-refractivity contribution in [1.29, 1.82) is 0 Å². The van der Waals surface area contributed by atoms with E-state index in [1.165, 1.54) is 6.07 Å². The number of ether oxygens (including phenoxy) is 2. The van der Waals surface area contributed by atoms with Crippen LogP contribution in [0.1, 0.15) is 49.7 Å². The molecule has 11 atom stereocenters. The van der Waals surface area contributed by atoms with E-state index in [1.807, 2.05) is 13.0 Å². The Balaban J connectivity index is 1.34. The van der Waals surface area contributed by atoms with E-state index in [4.69, 9.17) is 14.0 Å². The number of aliphatic hydroxyl groups is 4. The number of aliphatic carboxylic acids is 1. The summed E-state index contributed by atoms with van der Waals surface area (Å²) in [5.74, 6) is -1.06. The Kier molecular flexibility index (Phi) is 6.81. The van der Waals surface area contributed by atoms with Crippen molar-refractivity contribution >= 4 is 16.4 Å². The minimum atomic E-state index is -4.62. The molecule has 5 rings (SSSR count). The first-order chi connectivity index (χ1) is 17.3. The Labute approximate surface area is 213 Å². The van der Waals surface area contributed by atoms with Gasteiger partial charge in [-0.05, 0) is 78.5 Å². The molecule has 12 nitrogen and oxygen atoms in total. The van der Waals surface area contributed by atoms with Crippen LogP contribution in [0.25, 0.3) is 0 Å². The molecule has 6 N–H and O–H groups in total. The Morgan fingerprint density at radius 2 is 1.84 bits per heavy atom. The molecule has 37 heavy (non-hydrogen) atoms. The van der Waals surface area contributed by atoms with E-state index < -0.39 is 64.7 Å². The number of hydrogen-bond donors (Lipinski definition) is 6. The Bertz CT molecular complexity index is 1160. The standard InChI is InChI=1S/C24H32O12S/c1-24-7-6-13-12-5-3-11(36-37(31,32)33)8-10(12)2-4-14(13)15(24)9-16(21(24)28)34-23-19(27)17(25)18(26)20(35-23)22(29)30/h3,5,8,13-21,23,25-28H,2,4,6-7,9H2,1H3,(H,29,30)(H,31,32,33)/t13-,14-,15+,16-,17+,18+,19-,20+,21+,23?,24+/m1/s1. The number of aryl methyl sites for hydroxylation is 1. The largest absolute Gasteiger partial charge is 0.479 e. The second-order valence-corrected chi connectivity index (χ2v) is 11.9. The van der Waals surface area contributed by atoms with Crippen LogP contribution in [-0.2, 0) is 31.1 Å². The minimum Gasteiger partial charge on any atom is -0.479 e. The second-order valence-electron chi connectivity index (χ2n) is 10.9. The normalized spacial score (nSPS) is 43.4. The lowest BCUT2D eigenvalue weighted by atomic mass is 9.55. The van der Waals surface area contributed by atoms with Gasteiger partial charge in [0.1, 0.15) is 24.1 Å². The summed E-state index contributed by atoms with van der Waals surface area (Å²) < 4.78 is 46.9. The molecule has 0 aromatic heterocycles. The highest BCUT2D eigenvalue weighted by atomic mass is 32.3. The number of carboxylic acid groups (broad SMARTS) is 1. The van der Waals surface area contributed by atoms with E-state index >= 15 is 0 Å². The van der Waals surface area contributed by atoms with E-state index in [0.29, 0.717) is 19.3 Å². The number of carboxylic acids is 1. The zero-order valence-corrected chi connectivity index (χ0v) is 20.9. The molecule has 206 valence electrons. The second kappa shape index (κ2) is 9.42. The summed E-state index contributed by atoms with van der Waals surface area (Å²) in [6.45, 7) is 2.00. The summed E-state index contributed by atoms with van der Waals surface area (Å²) in [6.07, 6.45) is -7.01. The zero-order chi connectivity index (χ0) is 26.9. The quantitative estimate of drug-likeness (QED) is 0.271. The third-order valence-electron chi connectivity index (χ3n) is 8.97. The van der Waals surface area contributed by atoms with Crippen LogP contribution in [-0.4, -0.2) is 87.4 Å². The van der Waals surface area contributed by atoms with Gasteiger partial charge in [-0.2, -0.15) is 8.42 Å². The van der Waals surface area contributed by atoms with Crippen molar-refractivity contribution in [2.24, 2.45) is 17.3 Å². The van der Waals surface area contributed by atoms with Gasteiger partial charge in [0.15, 0.2) is 12.4 Å². The summed E-state index contributed by atoms with van der Waals surface area (Å²) in [4.78, 5) is 11.4. The zero-order valence-electron chi connectivity index (χ0n) is 20.1. The van der Waals surface area contributed by atoms with Crippen molar-refractivity contribution in [3.8, 4) is 5.75 Å². The predicted molar refractivity (Wildman–Crippen MR) is 124 cm³/mol. The summed E-state index contributed by atoms with van der Waals surface area (Å²) in [6, 6.07) is 4.96. The number of carbonyl (C=O) groups is 1. The third kappa shape index (κ3) is 4.65. The molecule has 1 unspecified atom stereocenters. The summed E-state index contributed by atoms with van der Waals surface area (Å²) in [5, 5.41) is 51.0. The van der Waals surface area contributed by atoms with Gasteiger partial charge < -0.3 is 39.2 Å². The minimum absolute atomic E-state index is 0.0414. The molecular formula is C24H32O12S. The first-order valence-corrected chi connectivity index (χ1v) is 13.7.